The molecule has 1 fully saturated rings. The normalized spacial score (nSPS) is 19.5. The topological polar surface area (TPSA) is 65.8 Å². The lowest BCUT2D eigenvalue weighted by atomic mass is 9.96. The number of aryl methyl sites for hydroxylation is 2. The summed E-state index contributed by atoms with van der Waals surface area (Å²) < 4.78 is 2.26. The van der Waals surface area contributed by atoms with Gasteiger partial charge in [0, 0.05) is 38.3 Å². The number of guanidine groups is 1. The van der Waals surface area contributed by atoms with Gasteiger partial charge in [-0.1, -0.05) is 0 Å². The van der Waals surface area contributed by atoms with Crippen LogP contribution in [0.25, 0.3) is 0 Å². The molecular formula is C20H35IN6O. The molecule has 2 aliphatic heterocycles. The van der Waals surface area contributed by atoms with Gasteiger partial charge in [0.15, 0.2) is 5.96 Å². The zero-order valence-corrected chi connectivity index (χ0v) is 20.2. The van der Waals surface area contributed by atoms with E-state index in [1.807, 2.05) is 4.90 Å². The maximum atomic E-state index is 12.8. The van der Waals surface area contributed by atoms with Crippen molar-refractivity contribution in [2.75, 3.05) is 19.6 Å². The summed E-state index contributed by atoms with van der Waals surface area (Å²) in [4.78, 5) is 26.4. The molecule has 158 valence electrons. The van der Waals surface area contributed by atoms with E-state index in [0.29, 0.717) is 13.1 Å². The lowest BCUT2D eigenvalue weighted by Crippen LogP contribution is -2.66. The molecule has 7 nitrogen and oxygen atoms in total. The summed E-state index contributed by atoms with van der Waals surface area (Å²) in [5, 5.41) is 3.36. The summed E-state index contributed by atoms with van der Waals surface area (Å²) in [6, 6.07) is 0.200. The summed E-state index contributed by atoms with van der Waals surface area (Å²) >= 11 is 0. The molecule has 3 rings (SSSR count). The van der Waals surface area contributed by atoms with Gasteiger partial charge in [0.1, 0.15) is 5.82 Å². The Morgan fingerprint density at radius 3 is 2.71 bits per heavy atom. The molecule has 0 spiro atoms. The average Bonchev–Trinajstić information content (AvgIpc) is 2.99. The van der Waals surface area contributed by atoms with Crippen molar-refractivity contribution in [3.8, 4) is 0 Å². The number of carbonyl (C=O) groups is 1. The number of nitrogens with zero attached hydrogens (tertiary/aromatic N) is 5. The van der Waals surface area contributed by atoms with Gasteiger partial charge in [0.2, 0.25) is 5.91 Å². The minimum Gasteiger partial charge on any atom is -0.356 e. The number of hydrogen-bond acceptors (Lipinski definition) is 3. The number of hydrogen-bond donors (Lipinski definition) is 1. The number of aromatic nitrogens is 2. The first-order valence-corrected chi connectivity index (χ1v) is 10.2. The maximum Gasteiger partial charge on any atom is 0.242 e. The molecule has 8 heteroatoms. The highest BCUT2D eigenvalue weighted by Gasteiger charge is 2.40. The van der Waals surface area contributed by atoms with Crippen LogP contribution in [0.1, 0.15) is 59.0 Å². The van der Waals surface area contributed by atoms with Crippen molar-refractivity contribution in [1.29, 1.82) is 0 Å². The van der Waals surface area contributed by atoms with E-state index in [4.69, 9.17) is 9.98 Å². The first kappa shape index (κ1) is 23.0. The van der Waals surface area contributed by atoms with Gasteiger partial charge in [-0.3, -0.25) is 4.79 Å². The lowest BCUT2D eigenvalue weighted by molar-refractivity contribution is -0.145. The van der Waals surface area contributed by atoms with Crippen LogP contribution in [0.15, 0.2) is 11.2 Å². The molecule has 0 unspecified atom stereocenters. The predicted octanol–water partition coefficient (Wildman–Crippen LogP) is 2.63. The Morgan fingerprint density at radius 1 is 1.36 bits per heavy atom. The second kappa shape index (κ2) is 9.45. The van der Waals surface area contributed by atoms with E-state index in [-0.39, 0.29) is 41.5 Å². The van der Waals surface area contributed by atoms with Crippen molar-refractivity contribution in [3.63, 3.8) is 0 Å². The van der Waals surface area contributed by atoms with Crippen LogP contribution >= 0.6 is 24.0 Å². The maximum absolute atomic E-state index is 12.8. The van der Waals surface area contributed by atoms with E-state index in [9.17, 15) is 4.79 Å². The van der Waals surface area contributed by atoms with Gasteiger partial charge >= 0.3 is 0 Å². The third kappa shape index (κ3) is 4.99. The number of rotatable bonds is 4. The summed E-state index contributed by atoms with van der Waals surface area (Å²) in [7, 11) is 0. The quantitative estimate of drug-likeness (QED) is 0.391. The van der Waals surface area contributed by atoms with Crippen molar-refractivity contribution in [3.05, 3.63) is 17.7 Å². The minimum atomic E-state index is -0.229. The fraction of sp³-hybridized carbons (Fsp3) is 0.750. The molecule has 1 aromatic rings. The minimum absolute atomic E-state index is 0. The molecule has 1 N–H and O–H groups in total. The van der Waals surface area contributed by atoms with Crippen LogP contribution in [0.3, 0.4) is 0 Å². The van der Waals surface area contributed by atoms with Crippen molar-refractivity contribution in [1.82, 2.24) is 24.7 Å². The van der Waals surface area contributed by atoms with Crippen LogP contribution < -0.4 is 5.32 Å². The van der Waals surface area contributed by atoms with E-state index in [0.717, 1.165) is 37.7 Å². The summed E-state index contributed by atoms with van der Waals surface area (Å²) in [5.74, 6) is 2.14. The van der Waals surface area contributed by atoms with Crippen LogP contribution in [0.2, 0.25) is 0 Å². The van der Waals surface area contributed by atoms with Crippen molar-refractivity contribution < 1.29 is 4.79 Å². The predicted molar refractivity (Wildman–Crippen MR) is 123 cm³/mol. The van der Waals surface area contributed by atoms with Gasteiger partial charge in [-0.25, -0.2) is 9.98 Å². The van der Waals surface area contributed by atoms with E-state index in [2.05, 4.69) is 55.6 Å². The van der Waals surface area contributed by atoms with Gasteiger partial charge in [0.05, 0.1) is 24.3 Å². The smallest absolute Gasteiger partial charge is 0.242 e. The second-order valence-corrected chi connectivity index (χ2v) is 8.50. The number of aliphatic imine (C=N–C) groups is 1. The molecule has 0 aliphatic carbocycles. The number of amides is 1. The fourth-order valence-corrected chi connectivity index (χ4v) is 4.44. The highest BCUT2D eigenvalue weighted by Crippen LogP contribution is 2.24. The van der Waals surface area contributed by atoms with Crippen molar-refractivity contribution in [2.24, 2.45) is 4.99 Å². The summed E-state index contributed by atoms with van der Waals surface area (Å²) in [6.45, 7) is 14.0. The first-order chi connectivity index (χ1) is 12.8. The molecule has 28 heavy (non-hydrogen) atoms. The van der Waals surface area contributed by atoms with E-state index >= 15 is 0 Å². The van der Waals surface area contributed by atoms with Crippen LogP contribution in [0, 0.1) is 0 Å². The Labute approximate surface area is 186 Å². The molecule has 3 heterocycles. The molecule has 0 atom stereocenters. The largest absolute Gasteiger partial charge is 0.356 e. The first-order valence-electron chi connectivity index (χ1n) is 10.2. The molecule has 0 radical (unpaired) electrons. The standard InChI is InChI=1S/C20H34N6O.HI/c1-6-21-19(22-11-16-12-24-10-8-7-9-17(24)23-16)25-13-18(27)26(15(2)3)20(4,5)14-25;/h12,15H,6-11,13-14H2,1-5H3,(H,21,22);1H. The molecule has 1 saturated heterocycles. The molecule has 0 saturated carbocycles. The zero-order valence-electron chi connectivity index (χ0n) is 17.9. The number of imidazole rings is 1. The Bertz CT molecular complexity index is 688. The third-order valence-corrected chi connectivity index (χ3v) is 5.32. The Morgan fingerprint density at radius 2 is 2.11 bits per heavy atom. The zero-order chi connectivity index (χ0) is 19.6. The fourth-order valence-electron chi connectivity index (χ4n) is 4.44. The van der Waals surface area contributed by atoms with Crippen molar-refractivity contribution >= 4 is 35.8 Å². The van der Waals surface area contributed by atoms with E-state index in [1.54, 1.807) is 0 Å². The number of halogens is 1. The van der Waals surface area contributed by atoms with Crippen LogP contribution in [-0.2, 0) is 24.3 Å². The molecule has 1 amide bonds. The molecule has 1 aromatic heterocycles. The third-order valence-electron chi connectivity index (χ3n) is 5.32. The molecule has 0 bridgehead atoms. The Hall–Kier alpha value is -1.32. The Kier molecular flexibility index (Phi) is 7.75. The molecule has 0 aromatic carbocycles. The van der Waals surface area contributed by atoms with Crippen LogP contribution in [0.5, 0.6) is 0 Å². The molecule has 2 aliphatic rings. The summed E-state index contributed by atoms with van der Waals surface area (Å²) in [6.07, 6.45) is 5.64. The second-order valence-electron chi connectivity index (χ2n) is 8.50. The highest BCUT2D eigenvalue weighted by atomic mass is 127. The summed E-state index contributed by atoms with van der Waals surface area (Å²) in [5.41, 5.74) is 0.779. The average molecular weight is 502 g/mol. The van der Waals surface area contributed by atoms with Gasteiger partial charge < -0.3 is 19.7 Å². The van der Waals surface area contributed by atoms with Gasteiger partial charge in [-0.2, -0.15) is 0 Å². The van der Waals surface area contributed by atoms with Gasteiger partial charge in [-0.15, -0.1) is 24.0 Å². The van der Waals surface area contributed by atoms with Gasteiger partial charge in [0.25, 0.3) is 0 Å². The highest BCUT2D eigenvalue weighted by molar-refractivity contribution is 14.0. The van der Waals surface area contributed by atoms with Crippen molar-refractivity contribution in [2.45, 2.75) is 78.6 Å². The lowest BCUT2D eigenvalue weighted by Gasteiger charge is -2.49. The molecular weight excluding hydrogens is 467 g/mol. The van der Waals surface area contributed by atoms with E-state index in [1.165, 1.54) is 18.7 Å². The number of fused-ring (bicyclic) bond motifs is 1. The SMILES string of the molecule is CCNC(=NCc1cn2c(n1)CCCC2)N1CC(=O)N(C(C)C)C(C)(C)C1.I. The number of carbonyl (C=O) groups excluding carboxylic acids is 1. The van der Waals surface area contributed by atoms with E-state index < -0.39 is 0 Å². The monoisotopic (exact) mass is 502 g/mol. The number of nitrogens with one attached hydrogen (secondary N) is 1. The van der Waals surface area contributed by atoms with Gasteiger partial charge in [-0.05, 0) is 47.5 Å². The van der Waals surface area contributed by atoms with Crippen LogP contribution in [-0.4, -0.2) is 62.4 Å². The number of piperazine rings is 1. The van der Waals surface area contributed by atoms with Crippen LogP contribution in [0.4, 0.5) is 0 Å². The Balaban J connectivity index is 0.00000280.